The normalized spacial score (nSPS) is 10.2. The van der Waals surface area contributed by atoms with Gasteiger partial charge in [0.25, 0.3) is 0 Å². The lowest BCUT2D eigenvalue weighted by molar-refractivity contribution is -0.385. The van der Waals surface area contributed by atoms with E-state index in [1.54, 1.807) is 33.3 Å². The Hall–Kier alpha value is -2.15. The van der Waals surface area contributed by atoms with Crippen LogP contribution in [0.15, 0.2) is 18.2 Å². The molecule has 0 aromatic heterocycles. The predicted octanol–water partition coefficient (Wildman–Crippen LogP) is 1.17. The van der Waals surface area contributed by atoms with E-state index in [0.29, 0.717) is 6.54 Å². The lowest BCUT2D eigenvalue weighted by atomic mass is 10.2. The number of amides is 1. The predicted molar refractivity (Wildman–Crippen MR) is 74.7 cm³/mol. The molecular weight excluding hydrogens is 262 g/mol. The minimum atomic E-state index is -0.484. The van der Waals surface area contributed by atoms with Gasteiger partial charge in [-0.25, -0.2) is 0 Å². The SMILES string of the molecule is CNCc1ccc(OCCC(=O)N(C)C)c([N+](=O)[O-])c1. The van der Waals surface area contributed by atoms with Crippen LogP contribution in [0.5, 0.6) is 5.75 Å². The van der Waals surface area contributed by atoms with Gasteiger partial charge in [-0.3, -0.25) is 14.9 Å². The van der Waals surface area contributed by atoms with E-state index in [4.69, 9.17) is 4.74 Å². The summed E-state index contributed by atoms with van der Waals surface area (Å²) in [4.78, 5) is 23.4. The number of nitro benzene ring substituents is 1. The molecule has 1 aromatic carbocycles. The molecular formula is C13H19N3O4. The van der Waals surface area contributed by atoms with E-state index in [9.17, 15) is 14.9 Å². The Balaban J connectivity index is 2.74. The standard InChI is InChI=1S/C13H19N3O4/c1-14-9-10-4-5-12(11(8-10)16(18)19)20-7-6-13(17)15(2)3/h4-5,8,14H,6-7,9H2,1-3H3. The first-order valence-corrected chi connectivity index (χ1v) is 6.20. The summed E-state index contributed by atoms with van der Waals surface area (Å²) in [5.41, 5.74) is 0.714. The average Bonchev–Trinajstić information content (AvgIpc) is 2.39. The molecule has 0 saturated heterocycles. The van der Waals surface area contributed by atoms with E-state index < -0.39 is 4.92 Å². The van der Waals surface area contributed by atoms with Gasteiger partial charge >= 0.3 is 5.69 Å². The van der Waals surface area contributed by atoms with Crippen LogP contribution in [0.2, 0.25) is 0 Å². The van der Waals surface area contributed by atoms with Gasteiger partial charge in [-0.1, -0.05) is 6.07 Å². The van der Waals surface area contributed by atoms with Crippen LogP contribution in [-0.2, 0) is 11.3 Å². The van der Waals surface area contributed by atoms with Crippen molar-refractivity contribution < 1.29 is 14.5 Å². The number of benzene rings is 1. The highest BCUT2D eigenvalue weighted by atomic mass is 16.6. The van der Waals surface area contributed by atoms with Crippen molar-refractivity contribution in [3.05, 3.63) is 33.9 Å². The molecule has 7 heteroatoms. The second-order valence-corrected chi connectivity index (χ2v) is 4.48. The molecule has 0 spiro atoms. The zero-order valence-corrected chi connectivity index (χ0v) is 11.9. The molecule has 20 heavy (non-hydrogen) atoms. The van der Waals surface area contributed by atoms with Crippen LogP contribution in [0, 0.1) is 10.1 Å². The van der Waals surface area contributed by atoms with Crippen LogP contribution in [0.4, 0.5) is 5.69 Å². The smallest absolute Gasteiger partial charge is 0.311 e. The lowest BCUT2D eigenvalue weighted by Crippen LogP contribution is -2.23. The van der Waals surface area contributed by atoms with Crippen LogP contribution in [0.3, 0.4) is 0 Å². The number of ether oxygens (including phenoxy) is 1. The second kappa shape index (κ2) is 7.44. The van der Waals surface area contributed by atoms with E-state index in [2.05, 4.69) is 5.32 Å². The number of nitrogens with one attached hydrogen (secondary N) is 1. The third kappa shape index (κ3) is 4.51. The van der Waals surface area contributed by atoms with Gasteiger partial charge in [-0.05, 0) is 18.7 Å². The van der Waals surface area contributed by atoms with E-state index in [-0.39, 0.29) is 30.4 Å². The third-order valence-corrected chi connectivity index (χ3v) is 2.67. The molecule has 1 rings (SSSR count). The molecule has 0 fully saturated rings. The summed E-state index contributed by atoms with van der Waals surface area (Å²) >= 11 is 0. The number of rotatable bonds is 7. The Bertz CT molecular complexity index is 489. The maximum Gasteiger partial charge on any atom is 0.311 e. The fourth-order valence-electron chi connectivity index (χ4n) is 1.61. The summed E-state index contributed by atoms with van der Waals surface area (Å²) in [6.45, 7) is 0.656. The van der Waals surface area contributed by atoms with E-state index in [1.165, 1.54) is 11.0 Å². The van der Waals surface area contributed by atoms with Gasteiger partial charge in [0.2, 0.25) is 5.91 Å². The van der Waals surface area contributed by atoms with Crippen LogP contribution < -0.4 is 10.1 Å². The number of carbonyl (C=O) groups is 1. The number of nitrogens with zero attached hydrogens (tertiary/aromatic N) is 2. The summed E-state index contributed by atoms with van der Waals surface area (Å²) in [7, 11) is 5.07. The highest BCUT2D eigenvalue weighted by Crippen LogP contribution is 2.28. The third-order valence-electron chi connectivity index (χ3n) is 2.67. The molecule has 0 bridgehead atoms. The largest absolute Gasteiger partial charge is 0.486 e. The summed E-state index contributed by atoms with van der Waals surface area (Å²) in [6.07, 6.45) is 0.183. The molecule has 0 atom stereocenters. The molecule has 7 nitrogen and oxygen atoms in total. The van der Waals surface area contributed by atoms with Gasteiger partial charge in [0.1, 0.15) is 0 Å². The summed E-state index contributed by atoms with van der Waals surface area (Å²) in [5.74, 6) is 0.0980. The summed E-state index contributed by atoms with van der Waals surface area (Å²) in [6, 6.07) is 4.79. The quantitative estimate of drug-likeness (QED) is 0.599. The molecule has 1 N–H and O–H groups in total. The van der Waals surface area contributed by atoms with Crippen LogP contribution in [0.1, 0.15) is 12.0 Å². The van der Waals surface area contributed by atoms with Crippen LogP contribution in [-0.4, -0.2) is 43.5 Å². The molecule has 0 radical (unpaired) electrons. The Kier molecular flexibility index (Phi) is 5.92. The molecule has 0 aliphatic heterocycles. The Morgan fingerprint density at radius 1 is 1.45 bits per heavy atom. The Labute approximate surface area is 117 Å². The van der Waals surface area contributed by atoms with Crippen molar-refractivity contribution in [3.8, 4) is 5.75 Å². The van der Waals surface area contributed by atoms with Crippen molar-refractivity contribution in [2.45, 2.75) is 13.0 Å². The van der Waals surface area contributed by atoms with E-state index in [0.717, 1.165) is 5.56 Å². The average molecular weight is 281 g/mol. The highest BCUT2D eigenvalue weighted by Gasteiger charge is 2.16. The van der Waals surface area contributed by atoms with Crippen molar-refractivity contribution in [2.75, 3.05) is 27.7 Å². The van der Waals surface area contributed by atoms with Gasteiger partial charge in [-0.2, -0.15) is 0 Å². The number of hydrogen-bond donors (Lipinski definition) is 1. The zero-order valence-electron chi connectivity index (χ0n) is 11.9. The van der Waals surface area contributed by atoms with Crippen LogP contribution in [0.25, 0.3) is 0 Å². The molecule has 0 aliphatic carbocycles. The van der Waals surface area contributed by atoms with Gasteiger partial charge < -0.3 is 15.0 Å². The van der Waals surface area contributed by atoms with E-state index in [1.807, 2.05) is 0 Å². The first-order valence-electron chi connectivity index (χ1n) is 6.20. The first-order chi connectivity index (χ1) is 9.45. The Morgan fingerprint density at radius 3 is 2.70 bits per heavy atom. The minimum absolute atomic E-state index is 0.0838. The molecule has 0 heterocycles. The summed E-state index contributed by atoms with van der Waals surface area (Å²) in [5, 5.41) is 13.9. The maximum absolute atomic E-state index is 11.4. The molecule has 0 unspecified atom stereocenters. The zero-order chi connectivity index (χ0) is 15.1. The minimum Gasteiger partial charge on any atom is -0.486 e. The van der Waals surface area contributed by atoms with Crippen LogP contribution >= 0.6 is 0 Å². The number of carbonyl (C=O) groups excluding carboxylic acids is 1. The van der Waals surface area contributed by atoms with E-state index >= 15 is 0 Å². The molecule has 1 amide bonds. The van der Waals surface area contributed by atoms with Crippen molar-refractivity contribution in [1.29, 1.82) is 0 Å². The lowest BCUT2D eigenvalue weighted by Gasteiger charge is -2.11. The van der Waals surface area contributed by atoms with Crippen molar-refractivity contribution in [1.82, 2.24) is 10.2 Å². The monoisotopic (exact) mass is 281 g/mol. The molecule has 1 aromatic rings. The Morgan fingerprint density at radius 2 is 2.15 bits per heavy atom. The van der Waals surface area contributed by atoms with Gasteiger partial charge in [0.05, 0.1) is 18.0 Å². The van der Waals surface area contributed by atoms with Crippen molar-refractivity contribution in [3.63, 3.8) is 0 Å². The first kappa shape index (κ1) is 15.9. The number of hydrogen-bond acceptors (Lipinski definition) is 5. The van der Waals surface area contributed by atoms with Crippen molar-refractivity contribution >= 4 is 11.6 Å². The van der Waals surface area contributed by atoms with Gasteiger partial charge in [0.15, 0.2) is 5.75 Å². The number of nitro groups is 1. The van der Waals surface area contributed by atoms with Gasteiger partial charge in [0, 0.05) is 26.7 Å². The molecule has 0 saturated carbocycles. The topological polar surface area (TPSA) is 84.7 Å². The highest BCUT2D eigenvalue weighted by molar-refractivity contribution is 5.75. The van der Waals surface area contributed by atoms with Crippen molar-refractivity contribution in [2.24, 2.45) is 0 Å². The fourth-order valence-corrected chi connectivity index (χ4v) is 1.61. The fraction of sp³-hybridized carbons (Fsp3) is 0.462. The van der Waals surface area contributed by atoms with Gasteiger partial charge in [-0.15, -0.1) is 0 Å². The summed E-state index contributed by atoms with van der Waals surface area (Å²) < 4.78 is 5.34. The molecule has 0 aliphatic rings. The maximum atomic E-state index is 11.4. The molecule has 110 valence electrons. The second-order valence-electron chi connectivity index (χ2n) is 4.48.